The van der Waals surface area contributed by atoms with Crippen molar-refractivity contribution in [2.45, 2.75) is 51.6 Å². The number of methoxy groups -OCH3 is 1. The Labute approximate surface area is 217 Å². The fourth-order valence-electron chi connectivity index (χ4n) is 4.73. The molecule has 1 amide bonds. The van der Waals surface area contributed by atoms with Gasteiger partial charge >= 0.3 is 0 Å². The summed E-state index contributed by atoms with van der Waals surface area (Å²) in [5.41, 5.74) is 2.80. The van der Waals surface area contributed by atoms with Crippen molar-refractivity contribution >= 4 is 11.5 Å². The van der Waals surface area contributed by atoms with E-state index in [0.717, 1.165) is 30.1 Å². The molecule has 1 aliphatic heterocycles. The number of amides is 1. The number of benzene rings is 2. The molecule has 0 spiro atoms. The van der Waals surface area contributed by atoms with Gasteiger partial charge in [-0.05, 0) is 61.9 Å². The lowest BCUT2D eigenvalue weighted by Crippen LogP contribution is -2.63. The van der Waals surface area contributed by atoms with Gasteiger partial charge in [-0.2, -0.15) is 0 Å². The number of carbonyl (C=O) groups excluding carboxylic acids is 1. The molecule has 1 heterocycles. The molecule has 3 unspecified atom stereocenters. The van der Waals surface area contributed by atoms with E-state index in [2.05, 4.69) is 22.5 Å². The molecule has 0 aromatic heterocycles. The second kappa shape index (κ2) is 13.2. The third-order valence-corrected chi connectivity index (χ3v) is 6.55. The number of ether oxygens (including phenoxy) is 1. The first-order chi connectivity index (χ1) is 17.6. The molecule has 9 heteroatoms. The van der Waals surface area contributed by atoms with Crippen LogP contribution in [0.4, 0.5) is 13.2 Å². The summed E-state index contributed by atoms with van der Waals surface area (Å²) in [6.45, 7) is 5.03. The SMILES string of the molecule is CCCC1=C(c2cc(F)cc(F)c2)CC(NC(NC(C)COC)N(C)C(=O)c2cccc(F)c2)N(C)C1. The molecule has 2 aromatic rings. The first-order valence-electron chi connectivity index (χ1n) is 12.5. The highest BCUT2D eigenvalue weighted by Gasteiger charge is 2.31. The van der Waals surface area contributed by atoms with Crippen LogP contribution in [0.15, 0.2) is 48.0 Å². The molecule has 3 rings (SSSR count). The number of hydrogen-bond acceptors (Lipinski definition) is 5. The summed E-state index contributed by atoms with van der Waals surface area (Å²) in [5.74, 6) is -2.08. The van der Waals surface area contributed by atoms with Crippen LogP contribution in [0.5, 0.6) is 0 Å². The predicted octanol–water partition coefficient (Wildman–Crippen LogP) is 4.59. The van der Waals surface area contributed by atoms with E-state index in [0.29, 0.717) is 25.1 Å². The summed E-state index contributed by atoms with van der Waals surface area (Å²) >= 11 is 0. The molecule has 0 saturated carbocycles. The van der Waals surface area contributed by atoms with Gasteiger partial charge in [-0.1, -0.05) is 25.0 Å². The van der Waals surface area contributed by atoms with E-state index in [-0.39, 0.29) is 23.7 Å². The Morgan fingerprint density at radius 1 is 1.16 bits per heavy atom. The highest BCUT2D eigenvalue weighted by atomic mass is 19.1. The van der Waals surface area contributed by atoms with Crippen LogP contribution in [0.1, 0.15) is 49.0 Å². The lowest BCUT2D eigenvalue weighted by molar-refractivity contribution is 0.0510. The van der Waals surface area contributed by atoms with E-state index in [4.69, 9.17) is 4.74 Å². The molecule has 0 fully saturated rings. The van der Waals surface area contributed by atoms with Gasteiger partial charge in [0.15, 0.2) is 0 Å². The minimum atomic E-state index is -0.633. The quantitative estimate of drug-likeness (QED) is 0.427. The summed E-state index contributed by atoms with van der Waals surface area (Å²) in [6.07, 6.45) is 1.32. The largest absolute Gasteiger partial charge is 0.383 e. The number of nitrogens with one attached hydrogen (secondary N) is 2. The third kappa shape index (κ3) is 7.64. The Bertz CT molecular complexity index is 1090. The van der Waals surface area contributed by atoms with E-state index in [1.807, 2.05) is 14.0 Å². The van der Waals surface area contributed by atoms with Gasteiger partial charge in [0.05, 0.1) is 12.8 Å². The molecule has 0 aliphatic carbocycles. The topological polar surface area (TPSA) is 56.8 Å². The molecule has 3 atom stereocenters. The molecular formula is C28H37F3N4O2. The van der Waals surface area contributed by atoms with Gasteiger partial charge in [0.1, 0.15) is 23.7 Å². The number of carbonyl (C=O) groups is 1. The molecule has 0 saturated heterocycles. The highest BCUT2D eigenvalue weighted by Crippen LogP contribution is 2.33. The van der Waals surface area contributed by atoms with Crippen LogP contribution < -0.4 is 10.6 Å². The minimum absolute atomic E-state index is 0.109. The van der Waals surface area contributed by atoms with Gasteiger partial charge in [0.2, 0.25) is 0 Å². The van der Waals surface area contributed by atoms with E-state index in [9.17, 15) is 18.0 Å². The summed E-state index contributed by atoms with van der Waals surface area (Å²) in [4.78, 5) is 16.9. The van der Waals surface area contributed by atoms with E-state index in [1.54, 1.807) is 20.2 Å². The van der Waals surface area contributed by atoms with Crippen molar-refractivity contribution in [2.24, 2.45) is 0 Å². The van der Waals surface area contributed by atoms with Crippen molar-refractivity contribution in [1.82, 2.24) is 20.4 Å². The van der Waals surface area contributed by atoms with E-state index < -0.39 is 23.7 Å². The number of nitrogens with zero attached hydrogens (tertiary/aromatic N) is 2. The molecule has 202 valence electrons. The highest BCUT2D eigenvalue weighted by molar-refractivity contribution is 5.94. The summed E-state index contributed by atoms with van der Waals surface area (Å²) in [7, 11) is 5.21. The maximum Gasteiger partial charge on any atom is 0.255 e. The zero-order valence-corrected chi connectivity index (χ0v) is 22.2. The van der Waals surface area contributed by atoms with Crippen LogP contribution in [-0.2, 0) is 4.74 Å². The molecule has 6 nitrogen and oxygen atoms in total. The average Bonchev–Trinajstić information content (AvgIpc) is 2.84. The number of rotatable bonds is 11. The van der Waals surface area contributed by atoms with Gasteiger partial charge in [0.25, 0.3) is 5.91 Å². The fourth-order valence-corrected chi connectivity index (χ4v) is 4.73. The molecule has 37 heavy (non-hydrogen) atoms. The molecule has 1 aliphatic rings. The molecule has 2 aromatic carbocycles. The Hall–Kier alpha value is -2.72. The van der Waals surface area contributed by atoms with Crippen molar-refractivity contribution in [3.63, 3.8) is 0 Å². The average molecular weight is 519 g/mol. The summed E-state index contributed by atoms with van der Waals surface area (Å²) in [5, 5.41) is 6.87. The molecule has 0 bridgehead atoms. The standard InChI is InChI=1S/C28H37F3N4O2/c1-6-8-20-16-34(3)26(15-25(20)21-12-23(30)14-24(31)13-21)33-28(32-18(2)17-37-5)35(4)27(36)19-9-7-10-22(29)11-19/h7,9-14,18,26,28,32-33H,6,8,15-17H2,1-5H3. The smallest absolute Gasteiger partial charge is 0.255 e. The zero-order chi connectivity index (χ0) is 27.1. The van der Waals surface area contributed by atoms with Crippen molar-refractivity contribution in [1.29, 1.82) is 0 Å². The van der Waals surface area contributed by atoms with Crippen LogP contribution in [0.2, 0.25) is 0 Å². The van der Waals surface area contributed by atoms with Crippen LogP contribution >= 0.6 is 0 Å². The predicted molar refractivity (Wildman–Crippen MR) is 139 cm³/mol. The van der Waals surface area contributed by atoms with Gasteiger partial charge < -0.3 is 9.64 Å². The second-order valence-electron chi connectivity index (χ2n) is 9.64. The van der Waals surface area contributed by atoms with Gasteiger partial charge in [-0.25, -0.2) is 13.2 Å². The molecule has 0 radical (unpaired) electrons. The maximum atomic E-state index is 14.1. The summed E-state index contributed by atoms with van der Waals surface area (Å²) in [6, 6.07) is 9.07. The van der Waals surface area contributed by atoms with E-state index in [1.165, 1.54) is 35.2 Å². The van der Waals surface area contributed by atoms with Gasteiger partial charge in [-0.3, -0.25) is 20.3 Å². The Morgan fingerprint density at radius 3 is 2.49 bits per heavy atom. The third-order valence-electron chi connectivity index (χ3n) is 6.55. The molecule has 2 N–H and O–H groups in total. The van der Waals surface area contributed by atoms with Crippen LogP contribution in [0, 0.1) is 17.5 Å². The molecular weight excluding hydrogens is 481 g/mol. The van der Waals surface area contributed by atoms with Crippen molar-refractivity contribution < 1.29 is 22.7 Å². The summed E-state index contributed by atoms with van der Waals surface area (Å²) < 4.78 is 47.3. The van der Waals surface area contributed by atoms with Crippen LogP contribution in [0.3, 0.4) is 0 Å². The van der Waals surface area contributed by atoms with Crippen molar-refractivity contribution in [3.8, 4) is 0 Å². The van der Waals surface area contributed by atoms with E-state index >= 15 is 0 Å². The van der Waals surface area contributed by atoms with Gasteiger partial charge in [-0.15, -0.1) is 0 Å². The Morgan fingerprint density at radius 2 is 1.86 bits per heavy atom. The van der Waals surface area contributed by atoms with Crippen molar-refractivity contribution in [2.75, 3.05) is 34.4 Å². The maximum absolute atomic E-state index is 14.1. The van der Waals surface area contributed by atoms with Gasteiger partial charge in [0, 0.05) is 44.8 Å². The normalized spacial score (nSPS) is 18.1. The van der Waals surface area contributed by atoms with Crippen LogP contribution in [0.25, 0.3) is 5.57 Å². The Kier molecular flexibility index (Phi) is 10.3. The number of hydrogen-bond donors (Lipinski definition) is 2. The first-order valence-corrected chi connectivity index (χ1v) is 12.5. The van der Waals surface area contributed by atoms with Crippen molar-refractivity contribution in [3.05, 3.63) is 76.6 Å². The second-order valence-corrected chi connectivity index (χ2v) is 9.64. The first kappa shape index (κ1) is 28.8. The minimum Gasteiger partial charge on any atom is -0.383 e. The lowest BCUT2D eigenvalue weighted by atomic mass is 9.89. The Balaban J connectivity index is 1.90. The number of likely N-dealkylation sites (N-methyl/N-ethyl adjacent to an activating group) is 1. The monoisotopic (exact) mass is 518 g/mol. The fraction of sp³-hybridized carbons (Fsp3) is 0.464. The van der Waals surface area contributed by atoms with Crippen LogP contribution in [-0.4, -0.2) is 68.6 Å². The lowest BCUT2D eigenvalue weighted by Gasteiger charge is -2.41. The number of halogens is 3. The zero-order valence-electron chi connectivity index (χ0n) is 22.2.